The van der Waals surface area contributed by atoms with Gasteiger partial charge in [0, 0.05) is 23.8 Å². The molecule has 122 valence electrons. The third-order valence-corrected chi connectivity index (χ3v) is 6.01. The lowest BCUT2D eigenvalue weighted by Crippen LogP contribution is -2.32. The lowest BCUT2D eigenvalue weighted by molar-refractivity contribution is 0.576. The molecule has 1 aromatic carbocycles. The average molecular weight is 422 g/mol. The van der Waals surface area contributed by atoms with Gasteiger partial charge in [0.1, 0.15) is 0 Å². The molecular formula is C11H18BrClN2O4S2. The van der Waals surface area contributed by atoms with Gasteiger partial charge in [0.25, 0.3) is 0 Å². The van der Waals surface area contributed by atoms with Crippen LogP contribution < -0.4 is 10.0 Å². The zero-order valence-corrected chi connectivity index (χ0v) is 15.6. The van der Waals surface area contributed by atoms with Crippen molar-refractivity contribution in [2.24, 2.45) is 0 Å². The van der Waals surface area contributed by atoms with Crippen LogP contribution in [-0.4, -0.2) is 42.7 Å². The Hall–Kier alpha value is -0.190. The van der Waals surface area contributed by atoms with E-state index in [0.717, 1.165) is 12.8 Å². The summed E-state index contributed by atoms with van der Waals surface area (Å²) < 4.78 is 49.6. The van der Waals surface area contributed by atoms with Crippen LogP contribution in [0.15, 0.2) is 32.5 Å². The molecule has 0 saturated carbocycles. The second kappa shape index (κ2) is 8.44. The minimum atomic E-state index is -3.67. The van der Waals surface area contributed by atoms with Crippen molar-refractivity contribution in [3.05, 3.63) is 22.7 Å². The molecule has 0 aliphatic heterocycles. The normalized spacial score (nSPS) is 12.0. The zero-order chi connectivity index (χ0) is 15.4. The first kappa shape index (κ1) is 20.8. The molecule has 0 spiro atoms. The summed E-state index contributed by atoms with van der Waals surface area (Å²) in [5, 5.41) is 3.00. The maximum absolute atomic E-state index is 12.1. The van der Waals surface area contributed by atoms with Gasteiger partial charge in [0.05, 0.1) is 9.79 Å². The molecule has 0 saturated heterocycles. The van der Waals surface area contributed by atoms with Crippen LogP contribution in [0, 0.1) is 0 Å². The predicted molar refractivity (Wildman–Crippen MR) is 88.2 cm³/mol. The highest BCUT2D eigenvalue weighted by molar-refractivity contribution is 9.10. The molecule has 0 aliphatic rings. The first-order valence-electron chi connectivity index (χ1n) is 5.88. The van der Waals surface area contributed by atoms with Crippen molar-refractivity contribution in [3.8, 4) is 0 Å². The molecule has 21 heavy (non-hydrogen) atoms. The van der Waals surface area contributed by atoms with Crippen LogP contribution in [0.2, 0.25) is 0 Å². The summed E-state index contributed by atoms with van der Waals surface area (Å²) in [6.07, 6.45) is 1.07. The van der Waals surface area contributed by atoms with Gasteiger partial charge in [-0.05, 0) is 40.7 Å². The second-order valence-corrected chi connectivity index (χ2v) is 8.72. The summed E-state index contributed by atoms with van der Waals surface area (Å²) in [6, 6.07) is 3.84. The van der Waals surface area contributed by atoms with Crippen LogP contribution in [0.1, 0.15) is 6.92 Å². The molecule has 6 nitrogen and oxygen atoms in total. The van der Waals surface area contributed by atoms with Crippen LogP contribution in [-0.2, 0) is 19.9 Å². The summed E-state index contributed by atoms with van der Waals surface area (Å²) >= 11 is 3.10. The van der Waals surface area contributed by atoms with Gasteiger partial charge < -0.3 is 5.32 Å². The van der Waals surface area contributed by atoms with Crippen LogP contribution in [0.3, 0.4) is 0 Å². The molecular weight excluding hydrogens is 404 g/mol. The van der Waals surface area contributed by atoms with Crippen molar-refractivity contribution in [1.82, 2.24) is 10.0 Å². The van der Waals surface area contributed by atoms with Crippen LogP contribution in [0.25, 0.3) is 0 Å². The van der Waals surface area contributed by atoms with Crippen LogP contribution in [0.5, 0.6) is 0 Å². The Balaban J connectivity index is 0.00000400. The van der Waals surface area contributed by atoms with Gasteiger partial charge in [-0.15, -0.1) is 12.4 Å². The molecule has 0 aromatic heterocycles. The van der Waals surface area contributed by atoms with Gasteiger partial charge >= 0.3 is 0 Å². The van der Waals surface area contributed by atoms with E-state index in [1.807, 2.05) is 6.92 Å². The van der Waals surface area contributed by atoms with Gasteiger partial charge in [0.2, 0.25) is 10.0 Å². The van der Waals surface area contributed by atoms with E-state index in [1.165, 1.54) is 18.2 Å². The molecule has 0 heterocycles. The fraction of sp³-hybridized carbons (Fsp3) is 0.455. The number of rotatable bonds is 7. The van der Waals surface area contributed by atoms with Gasteiger partial charge in [-0.25, -0.2) is 21.6 Å². The Kier molecular flexibility index (Phi) is 8.37. The molecule has 0 radical (unpaired) electrons. The van der Waals surface area contributed by atoms with Gasteiger partial charge in [-0.1, -0.05) is 6.92 Å². The number of nitrogens with one attached hydrogen (secondary N) is 2. The first-order chi connectivity index (χ1) is 9.18. The number of sulfone groups is 1. The topological polar surface area (TPSA) is 92.3 Å². The number of benzene rings is 1. The second-order valence-electron chi connectivity index (χ2n) is 4.12. The lowest BCUT2D eigenvalue weighted by Gasteiger charge is -2.09. The van der Waals surface area contributed by atoms with E-state index in [4.69, 9.17) is 0 Å². The van der Waals surface area contributed by atoms with Crippen molar-refractivity contribution >= 4 is 48.2 Å². The van der Waals surface area contributed by atoms with Crippen LogP contribution in [0.4, 0.5) is 0 Å². The number of halogens is 2. The van der Waals surface area contributed by atoms with E-state index in [9.17, 15) is 16.8 Å². The third-order valence-electron chi connectivity index (χ3n) is 2.46. The molecule has 0 bridgehead atoms. The van der Waals surface area contributed by atoms with Gasteiger partial charge in [-0.2, -0.15) is 0 Å². The van der Waals surface area contributed by atoms with E-state index < -0.39 is 19.9 Å². The highest BCUT2D eigenvalue weighted by Gasteiger charge is 2.19. The summed E-state index contributed by atoms with van der Waals surface area (Å²) in [5.41, 5.74) is 0. The standard InChI is InChI=1S/C11H17BrN2O4S2.ClH/c1-3-13-6-7-14-20(17,18)11-5-4-9(8-10(11)12)19(2,15)16;/h4-5,8,13-14H,3,6-7H2,1-2H3;1H. The van der Waals surface area contributed by atoms with Gasteiger partial charge in [0.15, 0.2) is 9.84 Å². The molecule has 0 unspecified atom stereocenters. The Bertz CT molecular complexity index is 677. The molecule has 2 N–H and O–H groups in total. The minimum Gasteiger partial charge on any atom is -0.316 e. The monoisotopic (exact) mass is 420 g/mol. The van der Waals surface area contributed by atoms with Crippen molar-refractivity contribution in [2.45, 2.75) is 16.7 Å². The lowest BCUT2D eigenvalue weighted by atomic mass is 10.4. The van der Waals surface area contributed by atoms with Crippen molar-refractivity contribution in [2.75, 3.05) is 25.9 Å². The summed E-state index contributed by atoms with van der Waals surface area (Å²) in [5.74, 6) is 0. The largest absolute Gasteiger partial charge is 0.316 e. The van der Waals surface area contributed by atoms with E-state index >= 15 is 0 Å². The molecule has 0 fully saturated rings. The first-order valence-corrected chi connectivity index (χ1v) is 10.0. The smallest absolute Gasteiger partial charge is 0.241 e. The maximum Gasteiger partial charge on any atom is 0.241 e. The Morgan fingerprint density at radius 2 is 1.76 bits per heavy atom. The fourth-order valence-corrected chi connectivity index (χ4v) is 4.36. The van der Waals surface area contributed by atoms with Crippen molar-refractivity contribution < 1.29 is 16.8 Å². The van der Waals surface area contributed by atoms with Crippen molar-refractivity contribution in [1.29, 1.82) is 0 Å². The molecule has 0 amide bonds. The summed E-state index contributed by atoms with van der Waals surface area (Å²) in [7, 11) is -7.03. The third kappa shape index (κ3) is 6.21. The van der Waals surface area contributed by atoms with E-state index in [2.05, 4.69) is 26.0 Å². The van der Waals surface area contributed by atoms with E-state index in [-0.39, 0.29) is 33.2 Å². The number of hydrogen-bond donors (Lipinski definition) is 2. The molecule has 1 rings (SSSR count). The highest BCUT2D eigenvalue weighted by atomic mass is 79.9. The zero-order valence-electron chi connectivity index (χ0n) is 11.6. The molecule has 0 aliphatic carbocycles. The summed E-state index contributed by atoms with van der Waals surface area (Å²) in [6.45, 7) is 3.47. The Labute approximate surface area is 140 Å². The minimum absolute atomic E-state index is 0. The van der Waals surface area contributed by atoms with Gasteiger partial charge in [-0.3, -0.25) is 0 Å². The fourth-order valence-electron chi connectivity index (χ4n) is 1.46. The number of hydrogen-bond acceptors (Lipinski definition) is 5. The van der Waals surface area contributed by atoms with E-state index in [1.54, 1.807) is 0 Å². The SMILES string of the molecule is CCNCCNS(=O)(=O)c1ccc(S(C)(=O)=O)cc1Br.Cl. The van der Waals surface area contributed by atoms with E-state index in [0.29, 0.717) is 6.54 Å². The maximum atomic E-state index is 12.1. The van der Waals surface area contributed by atoms with Crippen molar-refractivity contribution in [3.63, 3.8) is 0 Å². The summed E-state index contributed by atoms with van der Waals surface area (Å²) in [4.78, 5) is 0.0809. The Morgan fingerprint density at radius 3 is 2.24 bits per heavy atom. The van der Waals surface area contributed by atoms with Crippen LogP contribution >= 0.6 is 28.3 Å². The quantitative estimate of drug-likeness (QED) is 0.645. The number of sulfonamides is 1. The number of likely N-dealkylation sites (N-methyl/N-ethyl adjacent to an activating group) is 1. The average Bonchev–Trinajstić information content (AvgIpc) is 2.33. The molecule has 0 atom stereocenters. The highest BCUT2D eigenvalue weighted by Crippen LogP contribution is 2.25. The Morgan fingerprint density at radius 1 is 1.14 bits per heavy atom. The molecule has 10 heteroatoms. The predicted octanol–water partition coefficient (Wildman–Crippen LogP) is 1.16. The molecule has 1 aromatic rings.